The van der Waals surface area contributed by atoms with Crippen LogP contribution < -0.4 is 5.32 Å². The lowest BCUT2D eigenvalue weighted by Crippen LogP contribution is -2.52. The van der Waals surface area contributed by atoms with Gasteiger partial charge in [0.15, 0.2) is 0 Å². The molecule has 0 aliphatic heterocycles. The molecule has 1 fully saturated rings. The number of carbonyl (C=O) groups excluding carboxylic acids is 2. The molecule has 1 saturated carbocycles. The van der Waals surface area contributed by atoms with E-state index in [4.69, 9.17) is 9.57 Å². The van der Waals surface area contributed by atoms with E-state index in [1.807, 2.05) is 32.9 Å². The Labute approximate surface area is 143 Å². The second-order valence-electron chi connectivity index (χ2n) is 7.13. The fraction of sp³-hybridized carbons (Fsp3) is 0.556. The van der Waals surface area contributed by atoms with Crippen molar-refractivity contribution in [2.24, 2.45) is 0 Å². The van der Waals surface area contributed by atoms with Crippen molar-refractivity contribution in [3.63, 3.8) is 0 Å². The number of hydrogen-bond acceptors (Lipinski definition) is 4. The monoisotopic (exact) mass is 334 g/mol. The molecule has 0 saturated heterocycles. The van der Waals surface area contributed by atoms with Crippen LogP contribution in [0, 0.1) is 0 Å². The highest BCUT2D eigenvalue weighted by Gasteiger charge is 2.41. The summed E-state index contributed by atoms with van der Waals surface area (Å²) in [5, 5.41) is 4.18. The van der Waals surface area contributed by atoms with E-state index in [1.54, 1.807) is 19.2 Å². The van der Waals surface area contributed by atoms with Crippen LogP contribution in [0.2, 0.25) is 0 Å². The predicted molar refractivity (Wildman–Crippen MR) is 90.4 cm³/mol. The molecule has 0 heterocycles. The molecule has 6 nitrogen and oxygen atoms in total. The van der Waals surface area contributed by atoms with Crippen molar-refractivity contribution in [2.45, 2.75) is 51.2 Å². The quantitative estimate of drug-likeness (QED) is 0.859. The minimum atomic E-state index is -0.532. The van der Waals surface area contributed by atoms with Gasteiger partial charge in [-0.3, -0.25) is 9.63 Å². The lowest BCUT2D eigenvalue weighted by Gasteiger charge is -2.43. The van der Waals surface area contributed by atoms with Gasteiger partial charge in [-0.05, 0) is 57.7 Å². The third kappa shape index (κ3) is 4.06. The molecule has 1 N–H and O–H groups in total. The number of rotatable bonds is 4. The lowest BCUT2D eigenvalue weighted by molar-refractivity contribution is -0.0757. The van der Waals surface area contributed by atoms with E-state index >= 15 is 0 Å². The van der Waals surface area contributed by atoms with Gasteiger partial charge < -0.3 is 10.1 Å². The second-order valence-corrected chi connectivity index (χ2v) is 7.13. The molecule has 0 unspecified atom stereocenters. The van der Waals surface area contributed by atoms with E-state index in [1.165, 1.54) is 12.2 Å². The Hall–Kier alpha value is -2.08. The van der Waals surface area contributed by atoms with Crippen LogP contribution in [0.15, 0.2) is 24.3 Å². The number of hydrogen-bond donors (Lipinski definition) is 1. The van der Waals surface area contributed by atoms with Crippen LogP contribution >= 0.6 is 0 Å². The van der Waals surface area contributed by atoms with Crippen LogP contribution in [0.1, 0.15) is 56.0 Å². The van der Waals surface area contributed by atoms with Gasteiger partial charge in [-0.2, -0.15) is 0 Å². The molecule has 24 heavy (non-hydrogen) atoms. The number of alkyl carbamates (subject to hydrolysis) is 1. The summed E-state index contributed by atoms with van der Waals surface area (Å²) < 4.78 is 5.37. The number of nitrogens with one attached hydrogen (secondary N) is 1. The first kappa shape index (κ1) is 18.3. The maximum atomic E-state index is 12.1. The molecule has 0 atom stereocenters. The zero-order valence-electron chi connectivity index (χ0n) is 15.0. The van der Waals surface area contributed by atoms with Gasteiger partial charge in [0.05, 0.1) is 12.6 Å². The second kappa shape index (κ2) is 6.81. The number of carbonyl (C=O) groups is 2. The fourth-order valence-corrected chi connectivity index (χ4v) is 2.71. The molecule has 2 rings (SSSR count). The molecule has 1 aromatic rings. The van der Waals surface area contributed by atoms with Crippen molar-refractivity contribution in [2.75, 3.05) is 14.2 Å². The summed E-state index contributed by atoms with van der Waals surface area (Å²) in [5.74, 6) is -0.216. The summed E-state index contributed by atoms with van der Waals surface area (Å²) in [6.07, 6.45) is 2.35. The lowest BCUT2D eigenvalue weighted by atomic mass is 9.72. The van der Waals surface area contributed by atoms with Crippen LogP contribution in [-0.2, 0) is 15.1 Å². The number of nitrogens with zero attached hydrogens (tertiary/aromatic N) is 1. The Bertz CT molecular complexity index is 600. The number of hydroxylamine groups is 2. The van der Waals surface area contributed by atoms with Gasteiger partial charge in [0.1, 0.15) is 5.60 Å². The van der Waals surface area contributed by atoms with Crippen molar-refractivity contribution < 1.29 is 19.2 Å². The Morgan fingerprint density at radius 1 is 1.17 bits per heavy atom. The summed E-state index contributed by atoms with van der Waals surface area (Å²) in [4.78, 5) is 29.1. The highest BCUT2D eigenvalue weighted by Crippen LogP contribution is 2.41. The molecular formula is C18H26N2O4. The minimum absolute atomic E-state index is 0.216. The number of ether oxygens (including phenoxy) is 1. The summed E-state index contributed by atoms with van der Waals surface area (Å²) in [7, 11) is 3.01. The average Bonchev–Trinajstić information content (AvgIpc) is 2.48. The first-order chi connectivity index (χ1) is 11.2. The van der Waals surface area contributed by atoms with Gasteiger partial charge in [-0.1, -0.05) is 12.1 Å². The van der Waals surface area contributed by atoms with E-state index in [2.05, 4.69) is 5.32 Å². The average molecular weight is 334 g/mol. The van der Waals surface area contributed by atoms with Gasteiger partial charge in [0, 0.05) is 12.6 Å². The molecule has 132 valence electrons. The molecule has 0 radical (unpaired) electrons. The van der Waals surface area contributed by atoms with Gasteiger partial charge in [0.2, 0.25) is 0 Å². The van der Waals surface area contributed by atoms with Crippen LogP contribution in [-0.4, -0.2) is 36.8 Å². The standard InChI is InChI=1S/C18H26N2O4/c1-17(2,3)24-16(22)19-18(11-6-12-18)14-9-7-13(8-10-14)15(21)20(4)23-5/h7-10H,6,11-12H2,1-5H3,(H,19,22). The summed E-state index contributed by atoms with van der Waals surface area (Å²) >= 11 is 0. The minimum Gasteiger partial charge on any atom is -0.444 e. The van der Waals surface area contributed by atoms with Gasteiger partial charge in [0.25, 0.3) is 5.91 Å². The molecular weight excluding hydrogens is 308 g/mol. The summed E-state index contributed by atoms with van der Waals surface area (Å²) in [6, 6.07) is 7.27. The first-order valence-electron chi connectivity index (χ1n) is 8.11. The molecule has 0 aromatic heterocycles. The van der Waals surface area contributed by atoms with Crippen molar-refractivity contribution >= 4 is 12.0 Å². The molecule has 1 aliphatic rings. The highest BCUT2D eigenvalue weighted by molar-refractivity contribution is 5.93. The number of amides is 2. The number of benzene rings is 1. The largest absolute Gasteiger partial charge is 0.444 e. The fourth-order valence-electron chi connectivity index (χ4n) is 2.71. The van der Waals surface area contributed by atoms with Gasteiger partial charge in [-0.25, -0.2) is 9.86 Å². The van der Waals surface area contributed by atoms with Crippen LogP contribution in [0.25, 0.3) is 0 Å². The smallest absolute Gasteiger partial charge is 0.408 e. The van der Waals surface area contributed by atoms with Crippen LogP contribution in [0.3, 0.4) is 0 Å². The summed E-state index contributed by atoms with van der Waals surface area (Å²) in [6.45, 7) is 5.52. The molecule has 1 aromatic carbocycles. The van der Waals surface area contributed by atoms with Crippen molar-refractivity contribution in [3.8, 4) is 0 Å². The Morgan fingerprint density at radius 2 is 1.75 bits per heavy atom. The Morgan fingerprint density at radius 3 is 2.17 bits per heavy atom. The molecule has 0 spiro atoms. The molecule has 6 heteroatoms. The first-order valence-corrected chi connectivity index (χ1v) is 8.11. The van der Waals surface area contributed by atoms with Gasteiger partial charge >= 0.3 is 6.09 Å². The zero-order valence-corrected chi connectivity index (χ0v) is 15.0. The molecule has 1 aliphatic carbocycles. The molecule has 2 amide bonds. The highest BCUT2D eigenvalue weighted by atomic mass is 16.7. The van der Waals surface area contributed by atoms with Crippen molar-refractivity contribution in [3.05, 3.63) is 35.4 Å². The Kier molecular flexibility index (Phi) is 5.18. The van der Waals surface area contributed by atoms with Gasteiger partial charge in [-0.15, -0.1) is 0 Å². The van der Waals surface area contributed by atoms with E-state index in [-0.39, 0.29) is 5.91 Å². The van der Waals surface area contributed by atoms with E-state index in [0.29, 0.717) is 5.56 Å². The molecule has 0 bridgehead atoms. The zero-order chi connectivity index (χ0) is 18.0. The van der Waals surface area contributed by atoms with Crippen molar-refractivity contribution in [1.82, 2.24) is 10.4 Å². The summed E-state index contributed by atoms with van der Waals surface area (Å²) in [5.41, 5.74) is 0.582. The third-order valence-corrected chi connectivity index (χ3v) is 4.19. The normalized spacial score (nSPS) is 16.0. The van der Waals surface area contributed by atoms with Crippen LogP contribution in [0.5, 0.6) is 0 Å². The van der Waals surface area contributed by atoms with E-state index in [9.17, 15) is 9.59 Å². The Balaban J connectivity index is 2.13. The SMILES string of the molecule is CON(C)C(=O)c1ccc(C2(NC(=O)OC(C)(C)C)CCC2)cc1. The van der Waals surface area contributed by atoms with Crippen LogP contribution in [0.4, 0.5) is 4.79 Å². The van der Waals surface area contributed by atoms with E-state index < -0.39 is 17.2 Å². The van der Waals surface area contributed by atoms with E-state index in [0.717, 1.165) is 24.8 Å². The third-order valence-electron chi connectivity index (χ3n) is 4.19. The maximum Gasteiger partial charge on any atom is 0.408 e. The maximum absolute atomic E-state index is 12.1. The van der Waals surface area contributed by atoms with Crippen molar-refractivity contribution in [1.29, 1.82) is 0 Å². The topological polar surface area (TPSA) is 67.9 Å². The predicted octanol–water partition coefficient (Wildman–Crippen LogP) is 3.22.